The smallest absolute Gasteiger partial charge is 0.410 e. The zero-order valence-electron chi connectivity index (χ0n) is 11.2. The second-order valence-electron chi connectivity index (χ2n) is 6.61. The summed E-state index contributed by atoms with van der Waals surface area (Å²) in [6, 6.07) is 0. The average Bonchev–Trinajstić information content (AvgIpc) is 2.11. The summed E-state index contributed by atoms with van der Waals surface area (Å²) in [7, 11) is 0. The number of carbonyl (C=O) groups is 2. The molecule has 0 bridgehead atoms. The van der Waals surface area contributed by atoms with Gasteiger partial charge >= 0.3 is 6.09 Å². The van der Waals surface area contributed by atoms with Crippen molar-refractivity contribution in [3.8, 4) is 0 Å². The molecule has 5 nitrogen and oxygen atoms in total. The van der Waals surface area contributed by atoms with Crippen molar-refractivity contribution in [1.82, 2.24) is 4.90 Å². The first-order chi connectivity index (χ1) is 8.19. The molecule has 18 heavy (non-hydrogen) atoms. The van der Waals surface area contributed by atoms with Crippen molar-refractivity contribution in [3.63, 3.8) is 0 Å². The SMILES string of the molecule is CC(C)(C)OC(=O)N1CC(O)CC2(CC(=O)C2)C1. The van der Waals surface area contributed by atoms with Crippen molar-refractivity contribution in [3.05, 3.63) is 0 Å². The van der Waals surface area contributed by atoms with Crippen molar-refractivity contribution < 1.29 is 19.4 Å². The summed E-state index contributed by atoms with van der Waals surface area (Å²) in [6.07, 6.45) is 0.601. The Morgan fingerprint density at radius 3 is 2.56 bits per heavy atom. The van der Waals surface area contributed by atoms with Crippen LogP contribution in [0.4, 0.5) is 4.79 Å². The van der Waals surface area contributed by atoms with Gasteiger partial charge in [0.2, 0.25) is 0 Å². The van der Waals surface area contributed by atoms with E-state index in [1.807, 2.05) is 20.8 Å². The number of hydrogen-bond acceptors (Lipinski definition) is 4. The first kappa shape index (κ1) is 13.3. The largest absolute Gasteiger partial charge is 0.444 e. The van der Waals surface area contributed by atoms with E-state index in [0.717, 1.165) is 0 Å². The number of amides is 1. The van der Waals surface area contributed by atoms with Crippen molar-refractivity contribution in [2.24, 2.45) is 5.41 Å². The predicted octanol–water partition coefficient (Wildman–Crippen LogP) is 1.34. The molecule has 1 N–H and O–H groups in total. The Bertz CT molecular complexity index is 364. The van der Waals surface area contributed by atoms with Crippen LogP contribution in [0.3, 0.4) is 0 Å². The van der Waals surface area contributed by atoms with E-state index in [-0.39, 0.29) is 11.2 Å². The zero-order valence-corrected chi connectivity index (χ0v) is 11.2. The fourth-order valence-corrected chi connectivity index (χ4v) is 2.86. The number of aliphatic hydroxyl groups excluding tert-OH is 1. The summed E-state index contributed by atoms with van der Waals surface area (Å²) in [5.41, 5.74) is -0.742. The highest BCUT2D eigenvalue weighted by molar-refractivity contribution is 5.86. The Hall–Kier alpha value is -1.10. The highest BCUT2D eigenvalue weighted by Gasteiger charge is 2.49. The van der Waals surface area contributed by atoms with E-state index in [2.05, 4.69) is 0 Å². The molecule has 2 aliphatic rings. The van der Waals surface area contributed by atoms with E-state index >= 15 is 0 Å². The third-order valence-electron chi connectivity index (χ3n) is 3.42. The summed E-state index contributed by atoms with van der Waals surface area (Å²) < 4.78 is 5.31. The fraction of sp³-hybridized carbons (Fsp3) is 0.846. The molecule has 1 saturated carbocycles. The maximum atomic E-state index is 12.0. The van der Waals surface area contributed by atoms with Crippen LogP contribution in [0.15, 0.2) is 0 Å². The van der Waals surface area contributed by atoms with Gasteiger partial charge in [0.25, 0.3) is 0 Å². The number of β-amino-alcohol motifs (C(OH)–C–C–N with tert-alkyl or cyclic N) is 1. The highest BCUT2D eigenvalue weighted by Crippen LogP contribution is 2.45. The van der Waals surface area contributed by atoms with Gasteiger partial charge in [0.05, 0.1) is 6.10 Å². The molecule has 1 heterocycles. The fourth-order valence-electron chi connectivity index (χ4n) is 2.86. The van der Waals surface area contributed by atoms with Crippen molar-refractivity contribution in [1.29, 1.82) is 0 Å². The first-order valence-electron chi connectivity index (χ1n) is 6.37. The third-order valence-corrected chi connectivity index (χ3v) is 3.42. The van der Waals surface area contributed by atoms with E-state index in [1.54, 1.807) is 0 Å². The lowest BCUT2D eigenvalue weighted by molar-refractivity contribution is -0.140. The molecule has 5 heteroatoms. The van der Waals surface area contributed by atoms with Crippen LogP contribution in [0.5, 0.6) is 0 Å². The molecular weight excluding hydrogens is 234 g/mol. The minimum Gasteiger partial charge on any atom is -0.444 e. The minimum atomic E-state index is -0.556. The number of nitrogens with zero attached hydrogens (tertiary/aromatic N) is 1. The number of aliphatic hydroxyl groups is 1. The number of ketones is 1. The molecule has 0 aromatic heterocycles. The normalized spacial score (nSPS) is 27.0. The third kappa shape index (κ3) is 2.83. The number of carbonyl (C=O) groups excluding carboxylic acids is 2. The number of rotatable bonds is 0. The second kappa shape index (κ2) is 4.23. The Balaban J connectivity index is 2.01. The molecule has 0 aromatic rings. The molecule has 2 rings (SSSR count). The Morgan fingerprint density at radius 2 is 2.06 bits per heavy atom. The van der Waals surface area contributed by atoms with Crippen LogP contribution in [-0.4, -0.2) is 46.7 Å². The van der Waals surface area contributed by atoms with Gasteiger partial charge in [0.1, 0.15) is 11.4 Å². The number of piperidine rings is 1. The van der Waals surface area contributed by atoms with Gasteiger partial charge in [-0.2, -0.15) is 0 Å². The maximum absolute atomic E-state index is 12.0. The average molecular weight is 255 g/mol. The zero-order chi connectivity index (χ0) is 13.6. The van der Waals surface area contributed by atoms with Gasteiger partial charge in [0, 0.05) is 31.3 Å². The molecular formula is C13H21NO4. The van der Waals surface area contributed by atoms with Crippen LogP contribution in [0.2, 0.25) is 0 Å². The summed E-state index contributed by atoms with van der Waals surface area (Å²) in [5.74, 6) is 0.216. The van der Waals surface area contributed by atoms with Gasteiger partial charge < -0.3 is 14.7 Å². The lowest BCUT2D eigenvalue weighted by atomic mass is 9.63. The van der Waals surface area contributed by atoms with E-state index in [0.29, 0.717) is 32.4 Å². The quantitative estimate of drug-likeness (QED) is 0.709. The first-order valence-corrected chi connectivity index (χ1v) is 6.37. The summed E-state index contributed by atoms with van der Waals surface area (Å²) in [5, 5.41) is 9.85. The van der Waals surface area contributed by atoms with Crippen LogP contribution in [0.25, 0.3) is 0 Å². The molecule has 0 aromatic carbocycles. The second-order valence-corrected chi connectivity index (χ2v) is 6.61. The van der Waals surface area contributed by atoms with Crippen molar-refractivity contribution in [2.75, 3.05) is 13.1 Å². The van der Waals surface area contributed by atoms with Crippen LogP contribution in [0, 0.1) is 5.41 Å². The highest BCUT2D eigenvalue weighted by atomic mass is 16.6. The minimum absolute atomic E-state index is 0.203. The molecule has 1 aliphatic carbocycles. The Kier molecular flexibility index (Phi) is 3.13. The van der Waals surface area contributed by atoms with Gasteiger partial charge in [-0.05, 0) is 27.2 Å². The summed E-state index contributed by atoms with van der Waals surface area (Å²) in [4.78, 5) is 24.7. The molecule has 1 aliphatic heterocycles. The van der Waals surface area contributed by atoms with Gasteiger partial charge in [-0.25, -0.2) is 4.79 Å². The maximum Gasteiger partial charge on any atom is 0.410 e. The van der Waals surface area contributed by atoms with Gasteiger partial charge in [-0.1, -0.05) is 0 Å². The van der Waals surface area contributed by atoms with Crippen molar-refractivity contribution >= 4 is 11.9 Å². The molecule has 102 valence electrons. The number of likely N-dealkylation sites (tertiary alicyclic amines) is 1. The van der Waals surface area contributed by atoms with E-state index in [4.69, 9.17) is 4.74 Å². The molecule has 1 saturated heterocycles. The van der Waals surface area contributed by atoms with Gasteiger partial charge in [-0.15, -0.1) is 0 Å². The molecule has 2 fully saturated rings. The van der Waals surface area contributed by atoms with E-state index in [9.17, 15) is 14.7 Å². The van der Waals surface area contributed by atoms with E-state index in [1.165, 1.54) is 4.90 Å². The topological polar surface area (TPSA) is 66.8 Å². The standard InChI is InChI=1S/C13H21NO4/c1-12(2,3)18-11(17)14-7-10(16)6-13(8-14)4-9(15)5-13/h10,16H,4-8H2,1-3H3. The number of ether oxygens (including phenoxy) is 1. The summed E-state index contributed by atoms with van der Waals surface area (Å²) in [6.45, 7) is 6.26. The van der Waals surface area contributed by atoms with Gasteiger partial charge in [0.15, 0.2) is 0 Å². The molecule has 0 radical (unpaired) electrons. The predicted molar refractivity (Wildman–Crippen MR) is 65.1 cm³/mol. The number of Topliss-reactive ketones (excluding diaryl/α,β-unsaturated/α-hetero) is 1. The molecule has 1 amide bonds. The van der Waals surface area contributed by atoms with Gasteiger partial charge in [-0.3, -0.25) is 4.79 Å². The number of hydrogen-bond donors (Lipinski definition) is 1. The molecule has 1 atom stereocenters. The summed E-state index contributed by atoms with van der Waals surface area (Å²) >= 11 is 0. The van der Waals surface area contributed by atoms with E-state index < -0.39 is 17.8 Å². The van der Waals surface area contributed by atoms with Crippen molar-refractivity contribution in [2.45, 2.75) is 51.7 Å². The molecule has 1 unspecified atom stereocenters. The Labute approximate surface area is 107 Å². The monoisotopic (exact) mass is 255 g/mol. The van der Waals surface area contributed by atoms with Crippen LogP contribution in [-0.2, 0) is 9.53 Å². The molecule has 1 spiro atoms. The lowest BCUT2D eigenvalue weighted by Gasteiger charge is -2.49. The Morgan fingerprint density at radius 1 is 1.44 bits per heavy atom. The van der Waals surface area contributed by atoms with Crippen LogP contribution < -0.4 is 0 Å². The lowest BCUT2D eigenvalue weighted by Crippen LogP contribution is -2.57. The van der Waals surface area contributed by atoms with Crippen LogP contribution >= 0.6 is 0 Å². The van der Waals surface area contributed by atoms with Crippen LogP contribution in [0.1, 0.15) is 40.0 Å².